The van der Waals surface area contributed by atoms with Gasteiger partial charge in [-0.25, -0.2) is 0 Å². The zero-order valence-corrected chi connectivity index (χ0v) is 12.7. The van der Waals surface area contributed by atoms with Crippen LogP contribution in [-0.2, 0) is 6.42 Å². The minimum Gasteiger partial charge on any atom is -0.393 e. The third-order valence-electron chi connectivity index (χ3n) is 4.31. The molecule has 1 aromatic rings. The van der Waals surface area contributed by atoms with Crippen molar-refractivity contribution in [2.24, 2.45) is 5.41 Å². The molecule has 2 heteroatoms. The molecule has 1 aliphatic rings. The summed E-state index contributed by atoms with van der Waals surface area (Å²) in [4.78, 5) is 2.47. The van der Waals surface area contributed by atoms with Crippen LogP contribution >= 0.6 is 0 Å². The first-order valence-electron chi connectivity index (χ1n) is 7.42. The van der Waals surface area contributed by atoms with Gasteiger partial charge < -0.3 is 10.0 Å². The highest BCUT2D eigenvalue weighted by Gasteiger charge is 2.26. The van der Waals surface area contributed by atoms with Gasteiger partial charge in [0.15, 0.2) is 0 Å². The molecule has 2 nitrogen and oxygen atoms in total. The average molecular weight is 261 g/mol. The molecule has 1 heterocycles. The first kappa shape index (κ1) is 14.4. The van der Waals surface area contributed by atoms with Crippen LogP contribution in [0.1, 0.15) is 46.1 Å². The van der Waals surface area contributed by atoms with Gasteiger partial charge in [-0.15, -0.1) is 0 Å². The quantitative estimate of drug-likeness (QED) is 0.898. The Morgan fingerprint density at radius 1 is 1.32 bits per heavy atom. The Morgan fingerprint density at radius 2 is 2.00 bits per heavy atom. The number of aryl methyl sites for hydroxylation is 1. The van der Waals surface area contributed by atoms with Crippen LogP contribution in [0.5, 0.6) is 0 Å². The van der Waals surface area contributed by atoms with E-state index in [-0.39, 0.29) is 11.5 Å². The Hall–Kier alpha value is -1.02. The second kappa shape index (κ2) is 5.54. The molecule has 2 atom stereocenters. The highest BCUT2D eigenvalue weighted by molar-refractivity contribution is 5.56. The van der Waals surface area contributed by atoms with Crippen molar-refractivity contribution in [3.05, 3.63) is 29.8 Å². The molecule has 106 valence electrons. The molecule has 0 fully saturated rings. The lowest BCUT2D eigenvalue weighted by molar-refractivity contribution is 0.0569. The SMILES string of the molecule is CC1CCc2ccccc2N1CCC(O)C(C)(C)C. The molecule has 0 radical (unpaired) electrons. The fourth-order valence-corrected chi connectivity index (χ4v) is 2.80. The summed E-state index contributed by atoms with van der Waals surface area (Å²) in [6.45, 7) is 9.54. The number of aliphatic hydroxyl groups excluding tert-OH is 1. The average Bonchev–Trinajstić information content (AvgIpc) is 2.36. The van der Waals surface area contributed by atoms with Crippen molar-refractivity contribution < 1.29 is 5.11 Å². The van der Waals surface area contributed by atoms with E-state index in [1.54, 1.807) is 0 Å². The first-order chi connectivity index (χ1) is 8.89. The van der Waals surface area contributed by atoms with Gasteiger partial charge in [0, 0.05) is 18.3 Å². The van der Waals surface area contributed by atoms with E-state index in [0.717, 1.165) is 13.0 Å². The van der Waals surface area contributed by atoms with Crippen molar-refractivity contribution >= 4 is 5.69 Å². The maximum atomic E-state index is 10.2. The van der Waals surface area contributed by atoms with E-state index in [1.165, 1.54) is 24.1 Å². The molecular formula is C17H27NO. The summed E-state index contributed by atoms with van der Waals surface area (Å²) >= 11 is 0. The third-order valence-corrected chi connectivity index (χ3v) is 4.31. The molecule has 0 aromatic heterocycles. The highest BCUT2D eigenvalue weighted by atomic mass is 16.3. The van der Waals surface area contributed by atoms with Gasteiger partial charge in [0.05, 0.1) is 6.10 Å². The molecule has 2 unspecified atom stereocenters. The van der Waals surface area contributed by atoms with E-state index in [9.17, 15) is 5.11 Å². The van der Waals surface area contributed by atoms with Crippen molar-refractivity contribution in [3.8, 4) is 0 Å². The van der Waals surface area contributed by atoms with Crippen molar-refractivity contribution in [1.82, 2.24) is 0 Å². The van der Waals surface area contributed by atoms with E-state index < -0.39 is 0 Å². The Labute approximate surface area is 117 Å². The number of benzene rings is 1. The number of hydrogen-bond acceptors (Lipinski definition) is 2. The van der Waals surface area contributed by atoms with E-state index >= 15 is 0 Å². The van der Waals surface area contributed by atoms with Gasteiger partial charge in [0.25, 0.3) is 0 Å². The molecule has 1 N–H and O–H groups in total. The van der Waals surface area contributed by atoms with Crippen LogP contribution in [0.25, 0.3) is 0 Å². The number of para-hydroxylation sites is 1. The number of rotatable bonds is 3. The minimum atomic E-state index is -0.242. The van der Waals surface area contributed by atoms with Gasteiger partial charge in [-0.3, -0.25) is 0 Å². The molecule has 2 rings (SSSR count). The van der Waals surface area contributed by atoms with Crippen LogP contribution < -0.4 is 4.90 Å². The Bertz CT molecular complexity index is 422. The maximum absolute atomic E-state index is 10.2. The lowest BCUT2D eigenvalue weighted by Crippen LogP contribution is -2.40. The number of hydrogen-bond donors (Lipinski definition) is 1. The minimum absolute atomic E-state index is 0.0292. The van der Waals surface area contributed by atoms with E-state index in [2.05, 4.69) is 56.9 Å². The summed E-state index contributed by atoms with van der Waals surface area (Å²) in [5, 5.41) is 10.2. The number of anilines is 1. The second-order valence-corrected chi connectivity index (χ2v) is 6.88. The number of nitrogens with zero attached hydrogens (tertiary/aromatic N) is 1. The summed E-state index contributed by atoms with van der Waals surface area (Å²) in [5.41, 5.74) is 2.78. The zero-order chi connectivity index (χ0) is 14.0. The molecule has 0 bridgehead atoms. The summed E-state index contributed by atoms with van der Waals surface area (Å²) < 4.78 is 0. The lowest BCUT2D eigenvalue weighted by atomic mass is 9.86. The molecule has 0 saturated heterocycles. The van der Waals surface area contributed by atoms with Crippen LogP contribution in [-0.4, -0.2) is 23.8 Å². The summed E-state index contributed by atoms with van der Waals surface area (Å²) in [6.07, 6.45) is 2.98. The Kier molecular flexibility index (Phi) is 4.19. The predicted octanol–water partition coefficient (Wildman–Crippen LogP) is 3.62. The smallest absolute Gasteiger partial charge is 0.0605 e. The van der Waals surface area contributed by atoms with E-state index in [1.807, 2.05) is 0 Å². The van der Waals surface area contributed by atoms with Crippen LogP contribution in [0.2, 0.25) is 0 Å². The standard InChI is InChI=1S/C17H27NO/c1-13-9-10-14-7-5-6-8-15(14)18(13)12-11-16(19)17(2,3)4/h5-8,13,16,19H,9-12H2,1-4H3. The largest absolute Gasteiger partial charge is 0.393 e. The van der Waals surface area contributed by atoms with Crippen LogP contribution in [0.3, 0.4) is 0 Å². The van der Waals surface area contributed by atoms with E-state index in [4.69, 9.17) is 0 Å². The van der Waals surface area contributed by atoms with Gasteiger partial charge >= 0.3 is 0 Å². The summed E-state index contributed by atoms with van der Waals surface area (Å²) in [7, 11) is 0. The van der Waals surface area contributed by atoms with Gasteiger partial charge in [0.2, 0.25) is 0 Å². The van der Waals surface area contributed by atoms with Gasteiger partial charge in [-0.1, -0.05) is 39.0 Å². The van der Waals surface area contributed by atoms with Crippen molar-refractivity contribution in [3.63, 3.8) is 0 Å². The molecule has 1 aliphatic heterocycles. The summed E-state index contributed by atoms with van der Waals surface area (Å²) in [6, 6.07) is 9.26. The fraction of sp³-hybridized carbons (Fsp3) is 0.647. The molecule has 0 spiro atoms. The second-order valence-electron chi connectivity index (χ2n) is 6.88. The normalized spacial score (nSPS) is 21.1. The van der Waals surface area contributed by atoms with Gasteiger partial charge in [-0.2, -0.15) is 0 Å². The van der Waals surface area contributed by atoms with Gasteiger partial charge in [0.1, 0.15) is 0 Å². The fourth-order valence-electron chi connectivity index (χ4n) is 2.80. The molecule has 0 amide bonds. The van der Waals surface area contributed by atoms with Crippen molar-refractivity contribution in [2.45, 2.75) is 59.1 Å². The van der Waals surface area contributed by atoms with Crippen molar-refractivity contribution in [2.75, 3.05) is 11.4 Å². The Balaban J connectivity index is 2.08. The van der Waals surface area contributed by atoms with E-state index in [0.29, 0.717) is 6.04 Å². The molecular weight excluding hydrogens is 234 g/mol. The highest BCUT2D eigenvalue weighted by Crippen LogP contribution is 2.31. The van der Waals surface area contributed by atoms with Crippen LogP contribution in [0.4, 0.5) is 5.69 Å². The monoisotopic (exact) mass is 261 g/mol. The maximum Gasteiger partial charge on any atom is 0.0605 e. The molecule has 19 heavy (non-hydrogen) atoms. The first-order valence-corrected chi connectivity index (χ1v) is 7.42. The summed E-state index contributed by atoms with van der Waals surface area (Å²) in [5.74, 6) is 0. The molecule has 0 saturated carbocycles. The van der Waals surface area contributed by atoms with Crippen molar-refractivity contribution in [1.29, 1.82) is 0 Å². The topological polar surface area (TPSA) is 23.5 Å². The Morgan fingerprint density at radius 3 is 2.68 bits per heavy atom. The zero-order valence-electron chi connectivity index (χ0n) is 12.7. The predicted molar refractivity (Wildman–Crippen MR) is 81.6 cm³/mol. The number of fused-ring (bicyclic) bond motifs is 1. The van der Waals surface area contributed by atoms with Crippen LogP contribution in [0, 0.1) is 5.41 Å². The molecule has 0 aliphatic carbocycles. The number of aliphatic hydroxyl groups is 1. The van der Waals surface area contributed by atoms with Crippen LogP contribution in [0.15, 0.2) is 24.3 Å². The molecule has 1 aromatic carbocycles. The lowest BCUT2D eigenvalue weighted by Gasteiger charge is -2.38. The third kappa shape index (κ3) is 3.30. The van der Waals surface area contributed by atoms with Gasteiger partial charge in [-0.05, 0) is 43.2 Å².